The van der Waals surface area contributed by atoms with E-state index in [0.717, 1.165) is 22.6 Å². The number of ether oxygens (including phenoxy) is 1. The van der Waals surface area contributed by atoms with Crippen LogP contribution in [0.15, 0.2) is 83.1 Å². The summed E-state index contributed by atoms with van der Waals surface area (Å²) < 4.78 is 7.47. The maximum atomic E-state index is 12.5. The van der Waals surface area contributed by atoms with Crippen molar-refractivity contribution in [3.8, 4) is 22.8 Å². The Balaban J connectivity index is 1.53. The van der Waals surface area contributed by atoms with Gasteiger partial charge >= 0.3 is 0 Å². The lowest BCUT2D eigenvalue weighted by atomic mass is 10.1. The largest absolute Gasteiger partial charge is 0.494 e. The summed E-state index contributed by atoms with van der Waals surface area (Å²) in [6.45, 7) is 4.34. The Morgan fingerprint density at radius 2 is 1.61 bits per heavy atom. The topological polar surface area (TPSA) is 81.4 Å². The van der Waals surface area contributed by atoms with Crippen molar-refractivity contribution >= 4 is 46.6 Å². The zero-order chi connectivity index (χ0) is 25.5. The van der Waals surface area contributed by atoms with E-state index in [1.165, 1.54) is 11.8 Å². The average molecular weight is 540 g/mol. The number of hydrogen-bond donors (Lipinski definition) is 1. The van der Waals surface area contributed by atoms with Crippen LogP contribution in [0.25, 0.3) is 17.1 Å². The Kier molecular flexibility index (Phi) is 8.64. The van der Waals surface area contributed by atoms with Crippen molar-refractivity contribution in [1.82, 2.24) is 20.2 Å². The normalized spacial score (nSPS) is 11.4. The summed E-state index contributed by atoms with van der Waals surface area (Å²) in [6.07, 6.45) is 0. The predicted molar refractivity (Wildman–Crippen MR) is 146 cm³/mol. The highest BCUT2D eigenvalue weighted by molar-refractivity contribution is 7.99. The number of hydrogen-bond acceptors (Lipinski definition) is 6. The van der Waals surface area contributed by atoms with Crippen LogP contribution in [0.5, 0.6) is 5.75 Å². The number of hydrazone groups is 1. The smallest absolute Gasteiger partial charge is 0.250 e. The third-order valence-electron chi connectivity index (χ3n) is 5.08. The summed E-state index contributed by atoms with van der Waals surface area (Å²) in [4.78, 5) is 12.5. The Morgan fingerprint density at radius 3 is 2.25 bits per heavy atom. The third kappa shape index (κ3) is 6.46. The molecular formula is C26H23Cl2N5O2S. The van der Waals surface area contributed by atoms with E-state index in [2.05, 4.69) is 20.7 Å². The molecule has 36 heavy (non-hydrogen) atoms. The molecule has 4 aromatic rings. The molecule has 7 nitrogen and oxygen atoms in total. The Morgan fingerprint density at radius 1 is 0.972 bits per heavy atom. The number of rotatable bonds is 9. The second-order valence-electron chi connectivity index (χ2n) is 7.60. The lowest BCUT2D eigenvalue weighted by Gasteiger charge is -2.11. The van der Waals surface area contributed by atoms with Gasteiger partial charge in [0.15, 0.2) is 11.0 Å². The molecule has 0 radical (unpaired) electrons. The minimum Gasteiger partial charge on any atom is -0.494 e. The summed E-state index contributed by atoms with van der Waals surface area (Å²) in [7, 11) is 0. The van der Waals surface area contributed by atoms with Crippen LogP contribution < -0.4 is 10.2 Å². The van der Waals surface area contributed by atoms with E-state index in [1.807, 2.05) is 66.9 Å². The summed E-state index contributed by atoms with van der Waals surface area (Å²) in [5.41, 5.74) is 5.83. The Labute approximate surface area is 223 Å². The summed E-state index contributed by atoms with van der Waals surface area (Å²) in [6, 6.07) is 22.2. The molecule has 1 N–H and O–H groups in total. The van der Waals surface area contributed by atoms with Gasteiger partial charge in [0.1, 0.15) is 5.75 Å². The number of nitrogens with zero attached hydrogens (tertiary/aromatic N) is 4. The van der Waals surface area contributed by atoms with Crippen molar-refractivity contribution in [2.75, 3.05) is 12.4 Å². The molecular weight excluding hydrogens is 517 g/mol. The molecule has 0 aliphatic carbocycles. The monoisotopic (exact) mass is 539 g/mol. The SMILES string of the molecule is CCOc1ccc(-n2c(SCC(=O)N/N=C(\C)c3ccc(Cl)cc3)nnc2-c2ccc(Cl)cc2)cc1. The fraction of sp³-hybridized carbons (Fsp3) is 0.154. The lowest BCUT2D eigenvalue weighted by Crippen LogP contribution is -2.21. The molecule has 3 aromatic carbocycles. The van der Waals surface area contributed by atoms with E-state index in [-0.39, 0.29) is 11.7 Å². The first-order valence-electron chi connectivity index (χ1n) is 11.1. The predicted octanol–water partition coefficient (Wildman–Crippen LogP) is 6.27. The van der Waals surface area contributed by atoms with Gasteiger partial charge in [0.2, 0.25) is 0 Å². The van der Waals surface area contributed by atoms with Gasteiger partial charge in [-0.15, -0.1) is 10.2 Å². The van der Waals surface area contributed by atoms with E-state index < -0.39 is 0 Å². The molecule has 0 fully saturated rings. The Hall–Kier alpha value is -3.33. The van der Waals surface area contributed by atoms with Crippen LogP contribution in [0.2, 0.25) is 10.0 Å². The van der Waals surface area contributed by atoms with Crippen molar-refractivity contribution in [2.24, 2.45) is 5.10 Å². The third-order valence-corrected chi connectivity index (χ3v) is 6.52. The van der Waals surface area contributed by atoms with E-state index in [1.54, 1.807) is 24.3 Å². The number of carbonyl (C=O) groups is 1. The molecule has 1 aromatic heterocycles. The molecule has 0 bridgehead atoms. The number of benzene rings is 3. The molecule has 0 atom stereocenters. The van der Waals surface area contributed by atoms with Gasteiger partial charge in [-0.1, -0.05) is 47.1 Å². The van der Waals surface area contributed by atoms with Crippen LogP contribution in [0, 0.1) is 0 Å². The van der Waals surface area contributed by atoms with Crippen LogP contribution >= 0.6 is 35.0 Å². The highest BCUT2D eigenvalue weighted by atomic mass is 35.5. The summed E-state index contributed by atoms with van der Waals surface area (Å²) >= 11 is 13.3. The van der Waals surface area contributed by atoms with Crippen LogP contribution in [-0.2, 0) is 4.79 Å². The van der Waals surface area contributed by atoms with Crippen LogP contribution in [0.4, 0.5) is 0 Å². The molecule has 184 valence electrons. The number of halogens is 2. The second-order valence-corrected chi connectivity index (χ2v) is 9.42. The van der Waals surface area contributed by atoms with E-state index >= 15 is 0 Å². The number of thioether (sulfide) groups is 1. The van der Waals surface area contributed by atoms with Gasteiger partial charge in [-0.2, -0.15) is 5.10 Å². The van der Waals surface area contributed by atoms with Crippen LogP contribution in [0.3, 0.4) is 0 Å². The molecule has 10 heteroatoms. The van der Waals surface area contributed by atoms with Crippen LogP contribution in [0.1, 0.15) is 19.4 Å². The molecule has 0 aliphatic rings. The first-order chi connectivity index (χ1) is 17.4. The number of nitrogens with one attached hydrogen (secondary N) is 1. The van der Waals surface area contributed by atoms with Crippen molar-refractivity contribution in [3.63, 3.8) is 0 Å². The molecule has 0 spiro atoms. The van der Waals surface area contributed by atoms with Crippen LogP contribution in [-0.4, -0.2) is 38.7 Å². The van der Waals surface area contributed by atoms with Gasteiger partial charge in [-0.3, -0.25) is 9.36 Å². The van der Waals surface area contributed by atoms with Crippen molar-refractivity contribution in [3.05, 3.63) is 88.4 Å². The van der Waals surface area contributed by atoms with Gasteiger partial charge in [0.05, 0.1) is 18.1 Å². The van der Waals surface area contributed by atoms with Gasteiger partial charge in [-0.05, 0) is 80.1 Å². The van der Waals surface area contributed by atoms with Crippen molar-refractivity contribution in [2.45, 2.75) is 19.0 Å². The molecule has 0 aliphatic heterocycles. The van der Waals surface area contributed by atoms with E-state index in [9.17, 15) is 4.79 Å². The first kappa shape index (κ1) is 25.8. The maximum Gasteiger partial charge on any atom is 0.250 e. The van der Waals surface area contributed by atoms with Gasteiger partial charge in [0, 0.05) is 21.3 Å². The number of amides is 1. The molecule has 0 saturated carbocycles. The number of aromatic nitrogens is 3. The highest BCUT2D eigenvalue weighted by Gasteiger charge is 2.17. The van der Waals surface area contributed by atoms with E-state index in [0.29, 0.717) is 33.3 Å². The van der Waals surface area contributed by atoms with Gasteiger partial charge in [-0.25, -0.2) is 5.43 Å². The Bertz CT molecular complexity index is 1350. The molecule has 1 heterocycles. The lowest BCUT2D eigenvalue weighted by molar-refractivity contribution is -0.118. The average Bonchev–Trinajstić information content (AvgIpc) is 3.31. The minimum absolute atomic E-state index is 0.104. The van der Waals surface area contributed by atoms with Crippen molar-refractivity contribution < 1.29 is 9.53 Å². The molecule has 0 unspecified atom stereocenters. The molecule has 0 saturated heterocycles. The zero-order valence-electron chi connectivity index (χ0n) is 19.6. The molecule has 4 rings (SSSR count). The molecule has 1 amide bonds. The fourth-order valence-corrected chi connectivity index (χ4v) is 4.30. The summed E-state index contributed by atoms with van der Waals surface area (Å²) in [5.74, 6) is 1.25. The highest BCUT2D eigenvalue weighted by Crippen LogP contribution is 2.29. The van der Waals surface area contributed by atoms with Gasteiger partial charge < -0.3 is 4.74 Å². The summed E-state index contributed by atoms with van der Waals surface area (Å²) in [5, 5.41) is 14.8. The minimum atomic E-state index is -0.261. The standard InChI is InChI=1S/C26H23Cl2N5O2S/c1-3-35-23-14-12-22(13-15-23)33-25(19-6-10-21(28)11-7-19)31-32-26(33)36-16-24(34)30-29-17(2)18-4-8-20(27)9-5-18/h4-15H,3,16H2,1-2H3,(H,30,34)/b29-17+. The van der Waals surface area contributed by atoms with Crippen molar-refractivity contribution in [1.29, 1.82) is 0 Å². The maximum absolute atomic E-state index is 12.5. The second kappa shape index (κ2) is 12.1. The number of carbonyl (C=O) groups excluding carboxylic acids is 1. The van der Waals surface area contributed by atoms with E-state index in [4.69, 9.17) is 27.9 Å². The van der Waals surface area contributed by atoms with Gasteiger partial charge in [0.25, 0.3) is 5.91 Å². The fourth-order valence-electron chi connectivity index (χ4n) is 3.30. The first-order valence-corrected chi connectivity index (χ1v) is 12.8. The quantitative estimate of drug-likeness (QED) is 0.154. The zero-order valence-corrected chi connectivity index (χ0v) is 21.9.